The molecule has 2 aromatic carbocycles. The Hall–Kier alpha value is -1.94. The topological polar surface area (TPSA) is 15.3 Å². The minimum absolute atomic E-state index is 0.283. The number of rotatable bonds is 5. The van der Waals surface area contributed by atoms with Gasteiger partial charge < -0.3 is 10.2 Å². The molecule has 0 saturated heterocycles. The third-order valence-corrected chi connectivity index (χ3v) is 3.16. The van der Waals surface area contributed by atoms with E-state index in [2.05, 4.69) is 5.32 Å². The van der Waals surface area contributed by atoms with Crippen LogP contribution < -0.4 is 10.2 Å². The lowest BCUT2D eigenvalue weighted by molar-refractivity contribution is 0.621. The summed E-state index contributed by atoms with van der Waals surface area (Å²) < 4.78 is 27.4. The summed E-state index contributed by atoms with van der Waals surface area (Å²) in [5.74, 6) is -0.572. The molecule has 2 rings (SSSR count). The first-order valence-corrected chi connectivity index (χ1v) is 6.62. The molecular formula is C16H18F2N2. The second-order valence-corrected chi connectivity index (χ2v) is 4.50. The number of benzene rings is 2. The van der Waals surface area contributed by atoms with Gasteiger partial charge in [-0.2, -0.15) is 0 Å². The molecule has 0 radical (unpaired) electrons. The predicted molar refractivity (Wildman–Crippen MR) is 78.2 cm³/mol. The van der Waals surface area contributed by atoms with Crippen molar-refractivity contribution >= 4 is 11.4 Å². The Kier molecular flexibility index (Phi) is 4.69. The van der Waals surface area contributed by atoms with Gasteiger partial charge in [0.1, 0.15) is 11.6 Å². The average molecular weight is 276 g/mol. The lowest BCUT2D eigenvalue weighted by atomic mass is 10.1. The quantitative estimate of drug-likeness (QED) is 0.892. The normalized spacial score (nSPS) is 10.6. The van der Waals surface area contributed by atoms with Crippen LogP contribution in [0, 0.1) is 11.6 Å². The number of hydrogen-bond donors (Lipinski definition) is 1. The Labute approximate surface area is 118 Å². The molecule has 0 saturated carbocycles. The molecule has 0 aliphatic carbocycles. The zero-order valence-electron chi connectivity index (χ0n) is 11.7. The zero-order chi connectivity index (χ0) is 14.5. The Balaban J connectivity index is 2.49. The third kappa shape index (κ3) is 2.96. The van der Waals surface area contributed by atoms with Gasteiger partial charge in [-0.15, -0.1) is 0 Å². The number of nitrogens with zero attached hydrogens (tertiary/aromatic N) is 1. The van der Waals surface area contributed by atoms with Crippen LogP contribution >= 0.6 is 0 Å². The van der Waals surface area contributed by atoms with E-state index in [1.165, 1.54) is 18.2 Å². The van der Waals surface area contributed by atoms with E-state index in [1.807, 2.05) is 11.8 Å². The summed E-state index contributed by atoms with van der Waals surface area (Å²) in [6, 6.07) is 11.2. The average Bonchev–Trinajstić information content (AvgIpc) is 2.44. The van der Waals surface area contributed by atoms with Crippen LogP contribution in [0.5, 0.6) is 0 Å². The summed E-state index contributed by atoms with van der Waals surface area (Å²) in [7, 11) is 1.80. The van der Waals surface area contributed by atoms with Gasteiger partial charge in [0, 0.05) is 18.8 Å². The van der Waals surface area contributed by atoms with Crippen LogP contribution in [-0.4, -0.2) is 13.6 Å². The van der Waals surface area contributed by atoms with Crippen LogP contribution in [0.15, 0.2) is 42.5 Å². The van der Waals surface area contributed by atoms with Crippen molar-refractivity contribution in [2.24, 2.45) is 0 Å². The van der Waals surface area contributed by atoms with E-state index < -0.39 is 0 Å². The standard InChI is InChI=1S/C16H18F2N2/c1-3-20(16-7-5-4-6-14(16)18)15-9-8-13(17)10-12(15)11-19-2/h4-10,19H,3,11H2,1-2H3. The van der Waals surface area contributed by atoms with Gasteiger partial charge in [-0.1, -0.05) is 12.1 Å². The molecule has 0 unspecified atom stereocenters. The van der Waals surface area contributed by atoms with Gasteiger partial charge in [-0.3, -0.25) is 0 Å². The minimum Gasteiger partial charge on any atom is -0.339 e. The van der Waals surface area contributed by atoms with Gasteiger partial charge in [0.25, 0.3) is 0 Å². The van der Waals surface area contributed by atoms with Crippen molar-refractivity contribution in [1.29, 1.82) is 0 Å². The largest absolute Gasteiger partial charge is 0.339 e. The summed E-state index contributed by atoms with van der Waals surface area (Å²) in [6.45, 7) is 3.07. The highest BCUT2D eigenvalue weighted by atomic mass is 19.1. The van der Waals surface area contributed by atoms with Crippen molar-refractivity contribution in [3.63, 3.8) is 0 Å². The summed E-state index contributed by atoms with van der Waals surface area (Å²) >= 11 is 0. The summed E-state index contributed by atoms with van der Waals surface area (Å²) in [4.78, 5) is 1.85. The fourth-order valence-corrected chi connectivity index (χ4v) is 2.29. The molecule has 0 aliphatic heterocycles. The van der Waals surface area contributed by atoms with Crippen LogP contribution in [0.4, 0.5) is 20.2 Å². The third-order valence-electron chi connectivity index (χ3n) is 3.16. The van der Waals surface area contributed by atoms with Gasteiger partial charge in [-0.25, -0.2) is 8.78 Å². The summed E-state index contributed by atoms with van der Waals surface area (Å²) in [6.07, 6.45) is 0. The Bertz CT molecular complexity index is 584. The summed E-state index contributed by atoms with van der Waals surface area (Å²) in [5.41, 5.74) is 2.12. The highest BCUT2D eigenvalue weighted by Gasteiger charge is 2.15. The van der Waals surface area contributed by atoms with Crippen molar-refractivity contribution in [2.45, 2.75) is 13.5 Å². The van der Waals surface area contributed by atoms with Gasteiger partial charge >= 0.3 is 0 Å². The number of anilines is 2. The van der Waals surface area contributed by atoms with E-state index in [9.17, 15) is 8.78 Å². The van der Waals surface area contributed by atoms with Gasteiger partial charge in [0.05, 0.1) is 5.69 Å². The molecule has 0 aliphatic rings. The van der Waals surface area contributed by atoms with E-state index in [0.717, 1.165) is 11.3 Å². The van der Waals surface area contributed by atoms with Crippen LogP contribution in [-0.2, 0) is 6.54 Å². The van der Waals surface area contributed by atoms with E-state index >= 15 is 0 Å². The fraction of sp³-hybridized carbons (Fsp3) is 0.250. The molecule has 2 aromatic rings. The molecule has 0 aromatic heterocycles. The molecule has 106 valence electrons. The van der Waals surface area contributed by atoms with Crippen molar-refractivity contribution in [2.75, 3.05) is 18.5 Å². The molecule has 0 spiro atoms. The van der Waals surface area contributed by atoms with Crippen molar-refractivity contribution in [3.8, 4) is 0 Å². The monoisotopic (exact) mass is 276 g/mol. The highest BCUT2D eigenvalue weighted by Crippen LogP contribution is 2.30. The molecule has 0 heterocycles. The minimum atomic E-state index is -0.288. The number of nitrogens with one attached hydrogen (secondary N) is 1. The maximum atomic E-state index is 14.0. The molecule has 20 heavy (non-hydrogen) atoms. The number of halogens is 2. The lowest BCUT2D eigenvalue weighted by Crippen LogP contribution is -2.20. The molecule has 1 N–H and O–H groups in total. The summed E-state index contributed by atoms with van der Waals surface area (Å²) in [5, 5.41) is 3.01. The van der Waals surface area contributed by atoms with E-state index in [1.54, 1.807) is 31.3 Å². The first-order valence-electron chi connectivity index (χ1n) is 6.62. The van der Waals surface area contributed by atoms with Crippen LogP contribution in [0.2, 0.25) is 0 Å². The molecule has 0 amide bonds. The van der Waals surface area contributed by atoms with Crippen molar-refractivity contribution in [3.05, 3.63) is 59.7 Å². The maximum absolute atomic E-state index is 14.0. The predicted octanol–water partition coefficient (Wildman–Crippen LogP) is 3.84. The van der Waals surface area contributed by atoms with Crippen molar-refractivity contribution < 1.29 is 8.78 Å². The van der Waals surface area contributed by atoms with Gasteiger partial charge in [-0.05, 0) is 49.9 Å². The molecule has 0 fully saturated rings. The van der Waals surface area contributed by atoms with Crippen LogP contribution in [0.1, 0.15) is 12.5 Å². The second-order valence-electron chi connectivity index (χ2n) is 4.50. The highest BCUT2D eigenvalue weighted by molar-refractivity contribution is 5.66. The first-order chi connectivity index (χ1) is 9.67. The smallest absolute Gasteiger partial charge is 0.146 e. The van der Waals surface area contributed by atoms with Crippen LogP contribution in [0.3, 0.4) is 0 Å². The first kappa shape index (κ1) is 14.5. The van der Waals surface area contributed by atoms with E-state index in [4.69, 9.17) is 0 Å². The molecule has 0 atom stereocenters. The van der Waals surface area contributed by atoms with E-state index in [0.29, 0.717) is 18.8 Å². The lowest BCUT2D eigenvalue weighted by Gasteiger charge is -2.26. The van der Waals surface area contributed by atoms with Gasteiger partial charge in [0.2, 0.25) is 0 Å². The molecule has 2 nitrogen and oxygen atoms in total. The second kappa shape index (κ2) is 6.48. The van der Waals surface area contributed by atoms with Crippen LogP contribution in [0.25, 0.3) is 0 Å². The Morgan fingerprint density at radius 3 is 2.45 bits per heavy atom. The SMILES string of the molecule is CCN(c1ccccc1F)c1ccc(F)cc1CNC. The van der Waals surface area contributed by atoms with Gasteiger partial charge in [0.15, 0.2) is 0 Å². The Morgan fingerprint density at radius 2 is 1.80 bits per heavy atom. The number of hydrogen-bond acceptors (Lipinski definition) is 2. The fourth-order valence-electron chi connectivity index (χ4n) is 2.29. The Morgan fingerprint density at radius 1 is 1.05 bits per heavy atom. The van der Waals surface area contributed by atoms with E-state index in [-0.39, 0.29) is 11.6 Å². The van der Waals surface area contributed by atoms with Crippen molar-refractivity contribution in [1.82, 2.24) is 5.32 Å². The molecule has 4 heteroatoms. The molecule has 0 bridgehead atoms. The number of para-hydroxylation sites is 1. The molecular weight excluding hydrogens is 258 g/mol. The zero-order valence-corrected chi connectivity index (χ0v) is 11.7. The maximum Gasteiger partial charge on any atom is 0.146 e.